The fourth-order valence-electron chi connectivity index (χ4n) is 4.49. The van der Waals surface area contributed by atoms with Gasteiger partial charge in [-0.25, -0.2) is 37.7 Å². The van der Waals surface area contributed by atoms with Gasteiger partial charge < -0.3 is 15.4 Å². The lowest BCUT2D eigenvalue weighted by Crippen LogP contribution is -2.44. The number of hydrogen-bond acceptors (Lipinski definition) is 10. The van der Waals surface area contributed by atoms with Gasteiger partial charge in [-0.1, -0.05) is 6.07 Å². The predicted molar refractivity (Wildman–Crippen MR) is 149 cm³/mol. The Balaban J connectivity index is 1.63. The zero-order chi connectivity index (χ0) is 28.4. The Kier molecular flexibility index (Phi) is 7.72. The molecule has 11 nitrogen and oxygen atoms in total. The average Bonchev–Trinajstić information content (AvgIpc) is 2.92. The summed E-state index contributed by atoms with van der Waals surface area (Å²) in [5.41, 5.74) is 8.02. The molecule has 40 heavy (non-hydrogen) atoms. The van der Waals surface area contributed by atoms with Gasteiger partial charge in [0.2, 0.25) is 16.0 Å². The minimum atomic E-state index is -3.92. The molecule has 1 saturated heterocycles. The van der Waals surface area contributed by atoms with Crippen molar-refractivity contribution in [3.05, 3.63) is 48.0 Å². The first-order valence-corrected chi connectivity index (χ1v) is 14.3. The molecule has 0 amide bonds. The summed E-state index contributed by atoms with van der Waals surface area (Å²) < 4.78 is 60.4. The van der Waals surface area contributed by atoms with Crippen LogP contribution in [-0.4, -0.2) is 71.6 Å². The van der Waals surface area contributed by atoms with E-state index in [1.165, 1.54) is 18.2 Å². The topological polar surface area (TPSA) is 149 Å². The van der Waals surface area contributed by atoms with E-state index >= 15 is 4.39 Å². The van der Waals surface area contributed by atoms with Gasteiger partial charge in [-0.15, -0.1) is 0 Å². The van der Waals surface area contributed by atoms with Gasteiger partial charge in [0.1, 0.15) is 5.52 Å². The minimum Gasteiger partial charge on any atom is -0.377 e. The summed E-state index contributed by atoms with van der Waals surface area (Å²) in [5, 5.41) is 0. The Morgan fingerprint density at radius 2 is 1.98 bits per heavy atom. The van der Waals surface area contributed by atoms with Crippen LogP contribution in [0.15, 0.2) is 36.5 Å². The van der Waals surface area contributed by atoms with Crippen molar-refractivity contribution in [2.24, 2.45) is 0 Å². The fourth-order valence-corrected chi connectivity index (χ4v) is 5.57. The number of pyridine rings is 1. The van der Waals surface area contributed by atoms with Crippen molar-refractivity contribution in [2.45, 2.75) is 26.3 Å². The molecule has 3 N–H and O–H groups in total. The summed E-state index contributed by atoms with van der Waals surface area (Å²) in [6.07, 6.45) is 1.39. The molecule has 1 aliphatic heterocycles. The molecule has 1 aromatic carbocycles. The number of anilines is 3. The Morgan fingerprint density at radius 3 is 2.73 bits per heavy atom. The van der Waals surface area contributed by atoms with Crippen molar-refractivity contribution >= 4 is 38.5 Å². The number of hydrogen-bond donors (Lipinski definition) is 2. The van der Waals surface area contributed by atoms with E-state index in [2.05, 4.69) is 19.6 Å². The molecule has 210 valence electrons. The van der Waals surface area contributed by atoms with Crippen LogP contribution in [0.2, 0.25) is 0 Å². The second kappa shape index (κ2) is 11.2. The van der Waals surface area contributed by atoms with E-state index in [-0.39, 0.29) is 35.4 Å². The number of aromatic nitrogens is 5. The van der Waals surface area contributed by atoms with Crippen LogP contribution in [0.3, 0.4) is 0 Å². The number of nitrogen functional groups attached to an aromatic ring is 1. The first-order chi connectivity index (χ1) is 19.2. The minimum absolute atomic E-state index is 0.0206. The Hall–Kier alpha value is -4.04. The van der Waals surface area contributed by atoms with Gasteiger partial charge in [0.05, 0.1) is 59.8 Å². The molecule has 1 atom stereocenters. The van der Waals surface area contributed by atoms with E-state index in [1.807, 2.05) is 6.92 Å². The summed E-state index contributed by atoms with van der Waals surface area (Å²) in [6.45, 7) is 4.55. The van der Waals surface area contributed by atoms with Gasteiger partial charge in [-0.2, -0.15) is 0 Å². The Labute approximate surface area is 229 Å². The van der Waals surface area contributed by atoms with Crippen LogP contribution in [0.5, 0.6) is 0 Å². The number of morpholine rings is 1. The van der Waals surface area contributed by atoms with Crippen LogP contribution in [0.25, 0.3) is 33.7 Å². The van der Waals surface area contributed by atoms with Crippen LogP contribution in [-0.2, 0) is 14.8 Å². The van der Waals surface area contributed by atoms with Gasteiger partial charge in [-0.05, 0) is 44.5 Å². The molecular weight excluding hydrogens is 542 g/mol. The van der Waals surface area contributed by atoms with E-state index in [0.29, 0.717) is 53.7 Å². The number of nitrogens with one attached hydrogen (secondary N) is 1. The van der Waals surface area contributed by atoms with E-state index in [0.717, 1.165) is 0 Å². The molecule has 0 aliphatic carbocycles. The van der Waals surface area contributed by atoms with E-state index in [4.69, 9.17) is 25.4 Å². The molecule has 4 aromatic rings. The molecular formula is C26H28F2N8O3S. The zero-order valence-electron chi connectivity index (χ0n) is 21.9. The van der Waals surface area contributed by atoms with E-state index in [9.17, 15) is 12.8 Å². The Bertz CT molecular complexity index is 1670. The third kappa shape index (κ3) is 5.63. The first-order valence-electron chi connectivity index (χ1n) is 12.6. The molecule has 3 aromatic heterocycles. The number of halogens is 2. The quantitative estimate of drug-likeness (QED) is 0.322. The number of nitrogens with zero attached hydrogens (tertiary/aromatic N) is 6. The summed E-state index contributed by atoms with van der Waals surface area (Å²) in [6, 6.07) is 7.63. The SMILES string of the molecule is Cc1nc(N)ncc1-c1nc(N2CCOC[C@@H]2C)c2nc(-c3cccc(NS(=O)(=O)CCCF)c3F)ccc2n1. The highest BCUT2D eigenvalue weighted by Gasteiger charge is 2.26. The maximum atomic E-state index is 15.6. The van der Waals surface area contributed by atoms with Crippen molar-refractivity contribution in [1.82, 2.24) is 24.9 Å². The number of alkyl halides is 1. The van der Waals surface area contributed by atoms with Crippen molar-refractivity contribution < 1.29 is 21.9 Å². The maximum Gasteiger partial charge on any atom is 0.232 e. The van der Waals surface area contributed by atoms with Gasteiger partial charge >= 0.3 is 0 Å². The van der Waals surface area contributed by atoms with Crippen molar-refractivity contribution in [3.8, 4) is 22.6 Å². The summed E-state index contributed by atoms with van der Waals surface area (Å²) >= 11 is 0. The van der Waals surface area contributed by atoms with Gasteiger partial charge in [-0.3, -0.25) is 9.11 Å². The van der Waals surface area contributed by atoms with Crippen molar-refractivity contribution in [2.75, 3.05) is 47.5 Å². The monoisotopic (exact) mass is 570 g/mol. The molecule has 1 aliphatic rings. The molecule has 14 heteroatoms. The molecule has 0 unspecified atom stereocenters. The number of fused-ring (bicyclic) bond motifs is 1. The van der Waals surface area contributed by atoms with Crippen LogP contribution in [0.4, 0.5) is 26.2 Å². The third-order valence-electron chi connectivity index (χ3n) is 6.49. The normalized spacial score (nSPS) is 15.9. The smallest absolute Gasteiger partial charge is 0.232 e. The fraction of sp³-hybridized carbons (Fsp3) is 0.346. The molecule has 4 heterocycles. The van der Waals surface area contributed by atoms with E-state index < -0.39 is 28.3 Å². The molecule has 5 rings (SSSR count). The highest BCUT2D eigenvalue weighted by molar-refractivity contribution is 7.92. The predicted octanol–water partition coefficient (Wildman–Crippen LogP) is 3.50. The van der Waals surface area contributed by atoms with Crippen molar-refractivity contribution in [3.63, 3.8) is 0 Å². The van der Waals surface area contributed by atoms with Gasteiger partial charge in [0.25, 0.3) is 0 Å². The van der Waals surface area contributed by atoms with Gasteiger partial charge in [0, 0.05) is 18.3 Å². The van der Waals surface area contributed by atoms with Crippen LogP contribution >= 0.6 is 0 Å². The average molecular weight is 571 g/mol. The lowest BCUT2D eigenvalue weighted by atomic mass is 10.1. The maximum absolute atomic E-state index is 15.6. The standard InChI is InChI=1S/C26H28F2N8O3S/c1-15-14-39-11-10-36(15)25-23-21(33-24(34-25)18-13-30-26(29)31-16(18)2)8-7-19(32-23)17-5-3-6-20(22(17)28)35-40(37,38)12-4-9-27/h3,5-8,13,15,35H,4,9-12,14H2,1-2H3,(H2,29,30,31)/t15-/m0/s1. The molecule has 0 spiro atoms. The number of nitrogens with two attached hydrogens (primary N) is 1. The number of rotatable bonds is 8. The largest absolute Gasteiger partial charge is 0.377 e. The highest BCUT2D eigenvalue weighted by Crippen LogP contribution is 2.33. The lowest BCUT2D eigenvalue weighted by Gasteiger charge is -2.34. The number of benzene rings is 1. The number of sulfonamides is 1. The molecule has 0 radical (unpaired) electrons. The summed E-state index contributed by atoms with van der Waals surface area (Å²) in [5.74, 6) is -0.182. The number of ether oxygens (including phenoxy) is 1. The zero-order valence-corrected chi connectivity index (χ0v) is 22.8. The second-order valence-electron chi connectivity index (χ2n) is 9.41. The summed E-state index contributed by atoms with van der Waals surface area (Å²) in [4.78, 5) is 24.7. The van der Waals surface area contributed by atoms with Crippen molar-refractivity contribution in [1.29, 1.82) is 0 Å². The van der Waals surface area contributed by atoms with E-state index in [1.54, 1.807) is 25.3 Å². The van der Waals surface area contributed by atoms with Crippen LogP contribution in [0.1, 0.15) is 19.0 Å². The molecule has 0 saturated carbocycles. The first kappa shape index (κ1) is 27.5. The second-order valence-corrected chi connectivity index (χ2v) is 11.3. The Morgan fingerprint density at radius 1 is 1.15 bits per heavy atom. The molecule has 1 fully saturated rings. The lowest BCUT2D eigenvalue weighted by molar-refractivity contribution is 0.0987. The summed E-state index contributed by atoms with van der Waals surface area (Å²) in [7, 11) is -3.92. The number of aryl methyl sites for hydroxylation is 1. The molecule has 0 bridgehead atoms. The highest BCUT2D eigenvalue weighted by atomic mass is 32.2. The van der Waals surface area contributed by atoms with Crippen LogP contribution < -0.4 is 15.4 Å². The van der Waals surface area contributed by atoms with Gasteiger partial charge in [0.15, 0.2) is 17.5 Å². The van der Waals surface area contributed by atoms with Crippen LogP contribution in [0, 0.1) is 12.7 Å². The third-order valence-corrected chi connectivity index (χ3v) is 7.85.